The topological polar surface area (TPSA) is 122 Å². The molecule has 10 nitrogen and oxygen atoms in total. The highest BCUT2D eigenvalue weighted by Gasteiger charge is 2.28. The van der Waals surface area contributed by atoms with Crippen LogP contribution in [0.2, 0.25) is 5.02 Å². The average Bonchev–Trinajstić information content (AvgIpc) is 2.74. The van der Waals surface area contributed by atoms with E-state index in [1.165, 1.54) is 24.3 Å². The predicted molar refractivity (Wildman–Crippen MR) is 113 cm³/mol. The molecule has 2 aromatic rings. The SMILES string of the molecule is CC(C(=O)Nc1ccc([N+](=O)[O-])cc1Cl)N1CCN(c2ccccc2[N+](=O)[O-])CC1. The number of hydrogen-bond donors (Lipinski definition) is 1. The first-order valence-electron chi connectivity index (χ1n) is 9.25. The zero-order chi connectivity index (χ0) is 21.8. The van der Waals surface area contributed by atoms with E-state index >= 15 is 0 Å². The largest absolute Gasteiger partial charge is 0.363 e. The number of halogens is 1. The molecule has 0 aliphatic carbocycles. The number of rotatable bonds is 6. The fourth-order valence-corrected chi connectivity index (χ4v) is 3.58. The number of nitrogens with zero attached hydrogens (tertiary/aromatic N) is 4. The molecule has 0 radical (unpaired) electrons. The van der Waals surface area contributed by atoms with Crippen LogP contribution in [0.1, 0.15) is 6.92 Å². The number of nitrogens with one attached hydrogen (secondary N) is 1. The van der Waals surface area contributed by atoms with Crippen molar-refractivity contribution in [2.45, 2.75) is 13.0 Å². The summed E-state index contributed by atoms with van der Waals surface area (Å²) in [6.07, 6.45) is 0. The van der Waals surface area contributed by atoms with E-state index < -0.39 is 15.9 Å². The maximum absolute atomic E-state index is 12.6. The van der Waals surface area contributed by atoms with Gasteiger partial charge in [-0.25, -0.2) is 0 Å². The molecule has 1 aliphatic heterocycles. The van der Waals surface area contributed by atoms with Crippen molar-refractivity contribution in [2.24, 2.45) is 0 Å². The van der Waals surface area contributed by atoms with E-state index in [4.69, 9.17) is 11.6 Å². The molecule has 0 bridgehead atoms. The van der Waals surface area contributed by atoms with E-state index in [0.717, 1.165) is 0 Å². The van der Waals surface area contributed by atoms with Gasteiger partial charge < -0.3 is 10.2 Å². The van der Waals surface area contributed by atoms with Crippen LogP contribution >= 0.6 is 11.6 Å². The first-order chi connectivity index (χ1) is 14.3. The number of nitro benzene ring substituents is 2. The minimum absolute atomic E-state index is 0.0598. The summed E-state index contributed by atoms with van der Waals surface area (Å²) in [7, 11) is 0. The molecule has 30 heavy (non-hydrogen) atoms. The minimum atomic E-state index is -0.559. The molecule has 0 aromatic heterocycles. The number of carbonyl (C=O) groups excluding carboxylic acids is 1. The van der Waals surface area contributed by atoms with Gasteiger partial charge in [0, 0.05) is 44.4 Å². The van der Waals surface area contributed by atoms with Crippen molar-refractivity contribution in [1.29, 1.82) is 0 Å². The van der Waals surface area contributed by atoms with Gasteiger partial charge in [-0.2, -0.15) is 0 Å². The maximum Gasteiger partial charge on any atom is 0.292 e. The summed E-state index contributed by atoms with van der Waals surface area (Å²) in [5.74, 6) is -0.287. The second-order valence-electron chi connectivity index (χ2n) is 6.86. The van der Waals surface area contributed by atoms with Crippen LogP contribution in [0.5, 0.6) is 0 Å². The third-order valence-corrected chi connectivity index (χ3v) is 5.39. The number of nitro groups is 2. The standard InChI is InChI=1S/C19H20ClN5O5/c1-13(19(26)21-16-7-6-14(24(27)28)12-15(16)20)22-8-10-23(11-9-22)17-4-2-3-5-18(17)25(29)30/h2-7,12-13H,8-11H2,1H3,(H,21,26). The van der Waals surface area contributed by atoms with Crippen molar-refractivity contribution in [3.05, 3.63) is 67.7 Å². The van der Waals surface area contributed by atoms with Crippen molar-refractivity contribution in [2.75, 3.05) is 36.4 Å². The minimum Gasteiger partial charge on any atom is -0.363 e. The molecular formula is C19H20ClN5O5. The Balaban J connectivity index is 1.61. The summed E-state index contributed by atoms with van der Waals surface area (Å²) in [6.45, 7) is 3.94. The molecule has 0 spiro atoms. The van der Waals surface area contributed by atoms with E-state index in [-0.39, 0.29) is 22.3 Å². The van der Waals surface area contributed by atoms with Gasteiger partial charge in [0.2, 0.25) is 5.91 Å². The van der Waals surface area contributed by atoms with E-state index in [9.17, 15) is 25.0 Å². The van der Waals surface area contributed by atoms with Gasteiger partial charge in [0.05, 0.1) is 26.6 Å². The Bertz CT molecular complexity index is 978. The molecule has 11 heteroatoms. The van der Waals surface area contributed by atoms with Crippen molar-refractivity contribution >= 4 is 40.3 Å². The lowest BCUT2D eigenvalue weighted by Gasteiger charge is -2.38. The molecule has 158 valence electrons. The Morgan fingerprint density at radius 3 is 2.33 bits per heavy atom. The first kappa shape index (κ1) is 21.5. The summed E-state index contributed by atoms with van der Waals surface area (Å²) in [6, 6.07) is 9.99. The van der Waals surface area contributed by atoms with Gasteiger partial charge in [0.25, 0.3) is 11.4 Å². The fourth-order valence-electron chi connectivity index (χ4n) is 3.36. The molecule has 1 amide bonds. The summed E-state index contributed by atoms with van der Waals surface area (Å²) < 4.78 is 0. The highest BCUT2D eigenvalue weighted by molar-refractivity contribution is 6.34. The van der Waals surface area contributed by atoms with Crippen molar-refractivity contribution in [3.63, 3.8) is 0 Å². The Kier molecular flexibility index (Phi) is 6.48. The molecule has 3 rings (SSSR count). The van der Waals surface area contributed by atoms with Gasteiger partial charge in [-0.3, -0.25) is 29.9 Å². The molecule has 0 saturated carbocycles. The van der Waals surface area contributed by atoms with Crippen molar-refractivity contribution < 1.29 is 14.6 Å². The molecule has 1 saturated heterocycles. The van der Waals surface area contributed by atoms with E-state index in [1.807, 2.05) is 9.80 Å². The van der Waals surface area contributed by atoms with Gasteiger partial charge >= 0.3 is 0 Å². The predicted octanol–water partition coefficient (Wildman–Crippen LogP) is 3.31. The zero-order valence-corrected chi connectivity index (χ0v) is 16.9. The monoisotopic (exact) mass is 433 g/mol. The zero-order valence-electron chi connectivity index (χ0n) is 16.2. The van der Waals surface area contributed by atoms with Crippen LogP contribution in [0.15, 0.2) is 42.5 Å². The molecule has 1 heterocycles. The van der Waals surface area contributed by atoms with Gasteiger partial charge in [0.1, 0.15) is 5.69 Å². The number of benzene rings is 2. The van der Waals surface area contributed by atoms with E-state index in [1.54, 1.807) is 25.1 Å². The number of non-ortho nitro benzene ring substituents is 1. The van der Waals surface area contributed by atoms with E-state index in [2.05, 4.69) is 5.32 Å². The van der Waals surface area contributed by atoms with Gasteiger partial charge in [-0.05, 0) is 19.1 Å². The average molecular weight is 434 g/mol. The lowest BCUT2D eigenvalue weighted by molar-refractivity contribution is -0.384. The van der Waals surface area contributed by atoms with Crippen LogP contribution in [-0.2, 0) is 4.79 Å². The van der Waals surface area contributed by atoms with Crippen LogP contribution in [-0.4, -0.2) is 52.9 Å². The molecule has 1 N–H and O–H groups in total. The quantitative estimate of drug-likeness (QED) is 0.547. The Morgan fingerprint density at radius 2 is 1.73 bits per heavy atom. The number of para-hydroxylation sites is 2. The van der Waals surface area contributed by atoms with Crippen molar-refractivity contribution in [1.82, 2.24) is 4.90 Å². The third-order valence-electron chi connectivity index (χ3n) is 5.08. The second-order valence-corrected chi connectivity index (χ2v) is 7.26. The van der Waals surface area contributed by atoms with Gasteiger partial charge in [-0.1, -0.05) is 23.7 Å². The van der Waals surface area contributed by atoms with Gasteiger partial charge in [-0.15, -0.1) is 0 Å². The van der Waals surface area contributed by atoms with E-state index in [0.29, 0.717) is 37.6 Å². The first-order valence-corrected chi connectivity index (χ1v) is 9.63. The summed E-state index contributed by atoms with van der Waals surface area (Å²) in [5, 5.41) is 24.8. The molecule has 1 unspecified atom stereocenters. The number of hydrogen-bond acceptors (Lipinski definition) is 7. The molecular weight excluding hydrogens is 414 g/mol. The Hall–Kier alpha value is -3.24. The molecule has 2 aromatic carbocycles. The normalized spacial score (nSPS) is 15.5. The van der Waals surface area contributed by atoms with Crippen molar-refractivity contribution in [3.8, 4) is 0 Å². The van der Waals surface area contributed by atoms with Crippen LogP contribution in [0, 0.1) is 20.2 Å². The number of amides is 1. The van der Waals surface area contributed by atoms with Crippen LogP contribution in [0.3, 0.4) is 0 Å². The summed E-state index contributed by atoms with van der Waals surface area (Å²) >= 11 is 6.04. The second kappa shape index (κ2) is 9.06. The van der Waals surface area contributed by atoms with Crippen LogP contribution in [0.25, 0.3) is 0 Å². The number of piperazine rings is 1. The fraction of sp³-hybridized carbons (Fsp3) is 0.316. The lowest BCUT2D eigenvalue weighted by Crippen LogP contribution is -2.53. The maximum atomic E-state index is 12.6. The highest BCUT2D eigenvalue weighted by Crippen LogP contribution is 2.29. The van der Waals surface area contributed by atoms with Crippen LogP contribution < -0.4 is 10.2 Å². The third kappa shape index (κ3) is 4.66. The summed E-state index contributed by atoms with van der Waals surface area (Å²) in [4.78, 5) is 37.6. The summed E-state index contributed by atoms with van der Waals surface area (Å²) in [5.41, 5.74) is 0.774. The molecule has 1 atom stereocenters. The molecule has 1 fully saturated rings. The Morgan fingerprint density at radius 1 is 1.07 bits per heavy atom. The molecule has 1 aliphatic rings. The lowest BCUT2D eigenvalue weighted by atomic mass is 10.1. The number of carbonyl (C=O) groups is 1. The Labute approximate surface area is 177 Å². The highest BCUT2D eigenvalue weighted by atomic mass is 35.5. The van der Waals surface area contributed by atoms with Crippen LogP contribution in [0.4, 0.5) is 22.7 Å². The smallest absolute Gasteiger partial charge is 0.292 e. The van der Waals surface area contributed by atoms with Gasteiger partial charge in [0.15, 0.2) is 0 Å². The number of anilines is 2.